The van der Waals surface area contributed by atoms with Crippen molar-refractivity contribution in [2.75, 3.05) is 29.0 Å². The molecule has 2 aliphatic heterocycles. The Morgan fingerprint density at radius 2 is 1.83 bits per heavy atom. The molecular weight excluding hydrogens is 226 g/mol. The highest BCUT2D eigenvalue weighted by atomic mass is 16.1. The number of nitrogens with zero attached hydrogens (tertiary/aromatic N) is 1. The highest BCUT2D eigenvalue weighted by Gasteiger charge is 2.21. The molecule has 0 unspecified atom stereocenters. The summed E-state index contributed by atoms with van der Waals surface area (Å²) >= 11 is 0. The van der Waals surface area contributed by atoms with E-state index in [0.29, 0.717) is 6.42 Å². The minimum atomic E-state index is 0.0671. The van der Waals surface area contributed by atoms with Gasteiger partial charge >= 0.3 is 0 Å². The molecule has 0 radical (unpaired) electrons. The molecule has 2 heterocycles. The fourth-order valence-electron chi connectivity index (χ4n) is 2.86. The largest absolute Gasteiger partial charge is 0.397 e. The molecule has 1 aromatic rings. The number of carbonyl (C=O) groups is 1. The first-order valence-electron chi connectivity index (χ1n) is 6.71. The predicted molar refractivity (Wildman–Crippen MR) is 73.9 cm³/mol. The van der Waals surface area contributed by atoms with Gasteiger partial charge in [-0.25, -0.2) is 0 Å². The maximum absolute atomic E-state index is 11.4. The first-order chi connectivity index (χ1) is 8.74. The molecule has 0 aliphatic carbocycles. The molecule has 0 saturated carbocycles. The van der Waals surface area contributed by atoms with Gasteiger partial charge in [0.25, 0.3) is 0 Å². The predicted octanol–water partition coefficient (Wildman–Crippen LogP) is 2.14. The molecule has 0 spiro atoms. The van der Waals surface area contributed by atoms with E-state index in [0.717, 1.165) is 35.7 Å². The number of rotatable bonds is 1. The molecule has 4 heteroatoms. The number of nitrogen functional groups attached to an aromatic ring is 1. The summed E-state index contributed by atoms with van der Waals surface area (Å²) in [5.41, 5.74) is 9.97. The Labute approximate surface area is 107 Å². The van der Waals surface area contributed by atoms with E-state index >= 15 is 0 Å². The van der Waals surface area contributed by atoms with Crippen molar-refractivity contribution < 1.29 is 4.79 Å². The number of fused-ring (bicyclic) bond motifs is 1. The van der Waals surface area contributed by atoms with Gasteiger partial charge in [0.05, 0.1) is 17.8 Å². The molecule has 2 aliphatic rings. The third-order valence-electron chi connectivity index (χ3n) is 3.82. The van der Waals surface area contributed by atoms with Gasteiger partial charge in [0.1, 0.15) is 0 Å². The molecule has 4 nitrogen and oxygen atoms in total. The van der Waals surface area contributed by atoms with Gasteiger partial charge in [0.2, 0.25) is 5.91 Å². The van der Waals surface area contributed by atoms with Gasteiger partial charge in [0.15, 0.2) is 0 Å². The number of anilines is 3. The zero-order valence-corrected chi connectivity index (χ0v) is 10.5. The van der Waals surface area contributed by atoms with Crippen LogP contribution in [0.4, 0.5) is 17.1 Å². The number of amides is 1. The van der Waals surface area contributed by atoms with Crippen molar-refractivity contribution in [1.82, 2.24) is 0 Å². The van der Waals surface area contributed by atoms with Gasteiger partial charge in [-0.15, -0.1) is 0 Å². The van der Waals surface area contributed by atoms with Crippen LogP contribution in [0.3, 0.4) is 0 Å². The SMILES string of the molecule is Nc1cc2c(cc1N1CCCCCC1)CC(=O)N2. The number of hydrogen-bond donors (Lipinski definition) is 2. The van der Waals surface area contributed by atoms with Gasteiger partial charge in [0, 0.05) is 18.8 Å². The van der Waals surface area contributed by atoms with E-state index in [1.165, 1.54) is 25.7 Å². The average Bonchev–Trinajstić information content (AvgIpc) is 2.55. The smallest absolute Gasteiger partial charge is 0.228 e. The third kappa shape index (κ3) is 2.03. The molecule has 18 heavy (non-hydrogen) atoms. The van der Waals surface area contributed by atoms with Crippen molar-refractivity contribution in [1.29, 1.82) is 0 Å². The quantitative estimate of drug-likeness (QED) is 0.745. The van der Waals surface area contributed by atoms with Crippen LogP contribution in [0.25, 0.3) is 0 Å². The van der Waals surface area contributed by atoms with E-state index < -0.39 is 0 Å². The van der Waals surface area contributed by atoms with Crippen LogP contribution < -0.4 is 16.0 Å². The van der Waals surface area contributed by atoms with E-state index in [9.17, 15) is 4.79 Å². The Balaban J connectivity index is 1.92. The number of nitrogens with one attached hydrogen (secondary N) is 1. The summed E-state index contributed by atoms with van der Waals surface area (Å²) in [7, 11) is 0. The lowest BCUT2D eigenvalue weighted by Crippen LogP contribution is -2.24. The summed E-state index contributed by atoms with van der Waals surface area (Å²) < 4.78 is 0. The molecule has 1 fully saturated rings. The highest BCUT2D eigenvalue weighted by molar-refractivity contribution is 6.00. The second kappa shape index (κ2) is 4.52. The van der Waals surface area contributed by atoms with E-state index in [2.05, 4.69) is 16.3 Å². The van der Waals surface area contributed by atoms with Crippen molar-refractivity contribution in [2.24, 2.45) is 0 Å². The lowest BCUT2D eigenvalue weighted by Gasteiger charge is -2.25. The van der Waals surface area contributed by atoms with Crippen molar-refractivity contribution in [3.63, 3.8) is 0 Å². The molecule has 0 atom stereocenters. The Morgan fingerprint density at radius 1 is 1.11 bits per heavy atom. The van der Waals surface area contributed by atoms with E-state index in [4.69, 9.17) is 5.73 Å². The first kappa shape index (κ1) is 11.4. The summed E-state index contributed by atoms with van der Waals surface area (Å²) in [6.07, 6.45) is 5.56. The zero-order chi connectivity index (χ0) is 12.5. The minimum Gasteiger partial charge on any atom is -0.397 e. The summed E-state index contributed by atoms with van der Waals surface area (Å²) in [5.74, 6) is 0.0671. The molecule has 3 rings (SSSR count). The van der Waals surface area contributed by atoms with E-state index in [1.807, 2.05) is 6.07 Å². The maximum Gasteiger partial charge on any atom is 0.228 e. The lowest BCUT2D eigenvalue weighted by atomic mass is 10.1. The van der Waals surface area contributed by atoms with Crippen molar-refractivity contribution in [3.05, 3.63) is 17.7 Å². The van der Waals surface area contributed by atoms with Crippen LogP contribution in [-0.4, -0.2) is 19.0 Å². The van der Waals surface area contributed by atoms with Crippen molar-refractivity contribution >= 4 is 23.0 Å². The number of hydrogen-bond acceptors (Lipinski definition) is 3. The van der Waals surface area contributed by atoms with E-state index in [-0.39, 0.29) is 5.91 Å². The monoisotopic (exact) mass is 245 g/mol. The lowest BCUT2D eigenvalue weighted by molar-refractivity contribution is -0.115. The van der Waals surface area contributed by atoms with Crippen LogP contribution in [0.1, 0.15) is 31.2 Å². The fraction of sp³-hybridized carbons (Fsp3) is 0.500. The van der Waals surface area contributed by atoms with Gasteiger partial charge in [-0.2, -0.15) is 0 Å². The fourth-order valence-corrected chi connectivity index (χ4v) is 2.86. The van der Waals surface area contributed by atoms with Crippen LogP contribution in [0.2, 0.25) is 0 Å². The number of benzene rings is 1. The van der Waals surface area contributed by atoms with Crippen molar-refractivity contribution in [3.8, 4) is 0 Å². The zero-order valence-electron chi connectivity index (χ0n) is 10.5. The summed E-state index contributed by atoms with van der Waals surface area (Å²) in [6.45, 7) is 2.15. The van der Waals surface area contributed by atoms with Crippen LogP contribution in [0.15, 0.2) is 12.1 Å². The summed E-state index contributed by atoms with van der Waals surface area (Å²) in [6, 6.07) is 3.99. The molecule has 0 aromatic heterocycles. The number of nitrogens with two attached hydrogens (primary N) is 1. The average molecular weight is 245 g/mol. The van der Waals surface area contributed by atoms with Gasteiger partial charge in [-0.1, -0.05) is 12.8 Å². The maximum atomic E-state index is 11.4. The standard InChI is InChI=1S/C14H19N3O/c15-11-9-12-10(8-14(18)16-12)7-13(11)17-5-3-1-2-4-6-17/h7,9H,1-6,8,15H2,(H,16,18). The van der Waals surface area contributed by atoms with Crippen molar-refractivity contribution in [2.45, 2.75) is 32.1 Å². The van der Waals surface area contributed by atoms with Crippen LogP contribution in [-0.2, 0) is 11.2 Å². The topological polar surface area (TPSA) is 58.4 Å². The minimum absolute atomic E-state index is 0.0671. The second-order valence-electron chi connectivity index (χ2n) is 5.19. The highest BCUT2D eigenvalue weighted by Crippen LogP contribution is 2.34. The first-order valence-corrected chi connectivity index (χ1v) is 6.71. The summed E-state index contributed by atoms with van der Waals surface area (Å²) in [5, 5.41) is 2.84. The Bertz CT molecular complexity index is 476. The molecule has 0 bridgehead atoms. The Morgan fingerprint density at radius 3 is 2.56 bits per heavy atom. The second-order valence-corrected chi connectivity index (χ2v) is 5.19. The molecular formula is C14H19N3O. The molecule has 1 amide bonds. The van der Waals surface area contributed by atoms with Crippen LogP contribution in [0, 0.1) is 0 Å². The molecule has 96 valence electrons. The molecule has 3 N–H and O–H groups in total. The Kier molecular flexibility index (Phi) is 2.86. The normalized spacial score (nSPS) is 19.3. The molecule has 1 saturated heterocycles. The molecule has 1 aromatic carbocycles. The van der Waals surface area contributed by atoms with Gasteiger partial charge in [-0.3, -0.25) is 4.79 Å². The van der Waals surface area contributed by atoms with Crippen LogP contribution >= 0.6 is 0 Å². The van der Waals surface area contributed by atoms with Gasteiger partial charge in [-0.05, 0) is 30.5 Å². The van der Waals surface area contributed by atoms with Gasteiger partial charge < -0.3 is 16.0 Å². The van der Waals surface area contributed by atoms with Crippen LogP contribution in [0.5, 0.6) is 0 Å². The summed E-state index contributed by atoms with van der Waals surface area (Å²) in [4.78, 5) is 13.8. The van der Waals surface area contributed by atoms with E-state index in [1.54, 1.807) is 0 Å². The number of carbonyl (C=O) groups excluding carboxylic acids is 1. The Hall–Kier alpha value is -1.71. The third-order valence-corrected chi connectivity index (χ3v) is 3.82.